The van der Waals surface area contributed by atoms with E-state index < -0.39 is 5.60 Å². The highest BCUT2D eigenvalue weighted by Crippen LogP contribution is 2.41. The summed E-state index contributed by atoms with van der Waals surface area (Å²) in [6.45, 7) is 11.0. The number of rotatable bonds is 4. The molecule has 0 N–H and O–H groups in total. The first-order valence-electron chi connectivity index (χ1n) is 13.0. The number of allylic oxidation sites excluding steroid dienone is 1. The maximum Gasteiger partial charge on any atom is 0.410 e. The van der Waals surface area contributed by atoms with Crippen LogP contribution in [-0.4, -0.2) is 62.2 Å². The monoisotopic (exact) mass is 553 g/mol. The molecule has 1 fully saturated rings. The number of amides is 1. The number of nitrogens with zero attached hydrogens (tertiary/aromatic N) is 5. The van der Waals surface area contributed by atoms with Crippen LogP contribution in [0, 0.1) is 0 Å². The van der Waals surface area contributed by atoms with Crippen molar-refractivity contribution in [1.29, 1.82) is 0 Å². The van der Waals surface area contributed by atoms with Crippen molar-refractivity contribution < 1.29 is 9.53 Å². The molecular weight excluding hydrogens is 521 g/mol. The van der Waals surface area contributed by atoms with Crippen LogP contribution in [-0.2, 0) is 17.7 Å². The predicted molar refractivity (Wildman–Crippen MR) is 151 cm³/mol. The molecule has 2 aliphatic rings. The molecule has 1 aliphatic heterocycles. The van der Waals surface area contributed by atoms with Gasteiger partial charge in [0.25, 0.3) is 0 Å². The molecule has 5 rings (SSSR count). The van der Waals surface area contributed by atoms with E-state index in [4.69, 9.17) is 32.9 Å². The lowest BCUT2D eigenvalue weighted by atomic mass is 9.93. The van der Waals surface area contributed by atoms with Crippen molar-refractivity contribution in [2.75, 3.05) is 26.2 Å². The van der Waals surface area contributed by atoms with E-state index in [0.717, 1.165) is 40.2 Å². The van der Waals surface area contributed by atoms with Crippen LogP contribution in [0.4, 0.5) is 4.79 Å². The van der Waals surface area contributed by atoms with Crippen LogP contribution in [0.15, 0.2) is 42.9 Å². The number of hydrogen-bond donors (Lipinski definition) is 0. The first-order valence-corrected chi connectivity index (χ1v) is 13.8. The molecule has 200 valence electrons. The fourth-order valence-corrected chi connectivity index (χ4v) is 5.58. The highest BCUT2D eigenvalue weighted by atomic mass is 35.5. The van der Waals surface area contributed by atoms with E-state index in [2.05, 4.69) is 33.5 Å². The van der Waals surface area contributed by atoms with Crippen molar-refractivity contribution in [3.05, 3.63) is 81.1 Å². The van der Waals surface area contributed by atoms with E-state index in [9.17, 15) is 4.79 Å². The van der Waals surface area contributed by atoms with Gasteiger partial charge in [-0.15, -0.1) is 0 Å². The van der Waals surface area contributed by atoms with Gasteiger partial charge in [-0.25, -0.2) is 9.78 Å². The van der Waals surface area contributed by atoms with E-state index in [-0.39, 0.29) is 12.1 Å². The maximum absolute atomic E-state index is 12.7. The van der Waals surface area contributed by atoms with Gasteiger partial charge in [-0.05, 0) is 67.3 Å². The van der Waals surface area contributed by atoms with Gasteiger partial charge in [0.2, 0.25) is 0 Å². The summed E-state index contributed by atoms with van der Waals surface area (Å²) in [4.78, 5) is 26.2. The summed E-state index contributed by atoms with van der Waals surface area (Å²) in [5.41, 5.74) is 4.75. The van der Waals surface area contributed by atoms with Crippen LogP contribution >= 0.6 is 23.2 Å². The molecule has 0 bridgehead atoms. The van der Waals surface area contributed by atoms with Crippen LogP contribution in [0.2, 0.25) is 10.0 Å². The fraction of sp³-hybridized carbons (Fsp3) is 0.414. The highest BCUT2D eigenvalue weighted by molar-refractivity contribution is 6.31. The third kappa shape index (κ3) is 5.60. The Balaban J connectivity index is 1.53. The zero-order valence-electron chi connectivity index (χ0n) is 22.2. The van der Waals surface area contributed by atoms with Gasteiger partial charge in [-0.3, -0.25) is 9.88 Å². The first-order chi connectivity index (χ1) is 18.1. The second-order valence-electron chi connectivity index (χ2n) is 10.8. The molecule has 1 saturated heterocycles. The third-order valence-electron chi connectivity index (χ3n) is 6.95. The van der Waals surface area contributed by atoms with Gasteiger partial charge < -0.3 is 14.2 Å². The van der Waals surface area contributed by atoms with Gasteiger partial charge in [0.15, 0.2) is 0 Å². The lowest BCUT2D eigenvalue weighted by Crippen LogP contribution is -2.51. The summed E-state index contributed by atoms with van der Waals surface area (Å²) < 4.78 is 7.79. The van der Waals surface area contributed by atoms with Crippen LogP contribution in [0.25, 0.3) is 11.6 Å². The maximum atomic E-state index is 12.7. The number of pyridine rings is 1. The van der Waals surface area contributed by atoms with E-state index in [1.807, 2.05) is 51.4 Å². The first kappa shape index (κ1) is 26.7. The Hall–Kier alpha value is -2.87. The summed E-state index contributed by atoms with van der Waals surface area (Å²) in [6, 6.07) is 7.96. The van der Waals surface area contributed by atoms with Crippen molar-refractivity contribution >= 4 is 40.9 Å². The van der Waals surface area contributed by atoms with Gasteiger partial charge >= 0.3 is 6.09 Å². The summed E-state index contributed by atoms with van der Waals surface area (Å²) in [7, 11) is 0. The summed E-state index contributed by atoms with van der Waals surface area (Å²) in [5.74, 6) is 1.03. The van der Waals surface area contributed by atoms with Crippen molar-refractivity contribution in [1.82, 2.24) is 24.3 Å². The van der Waals surface area contributed by atoms with Gasteiger partial charge in [0.05, 0.1) is 16.8 Å². The van der Waals surface area contributed by atoms with Crippen molar-refractivity contribution in [2.45, 2.75) is 52.3 Å². The van der Waals surface area contributed by atoms with E-state index in [1.54, 1.807) is 11.1 Å². The molecule has 0 saturated carbocycles. The SMILES string of the molecule is CCc1nccn1CC1=Cc2cc(Cl)cnc2C(N2CCN(C(=O)OC(C)(C)C)CC2)c2ccc(Cl)cc21. The minimum Gasteiger partial charge on any atom is -0.444 e. The molecule has 3 aromatic rings. The quantitative estimate of drug-likeness (QED) is 0.377. The topological polar surface area (TPSA) is 63.5 Å². The van der Waals surface area contributed by atoms with Crippen molar-refractivity contribution in [3.8, 4) is 0 Å². The summed E-state index contributed by atoms with van der Waals surface area (Å²) >= 11 is 13.0. The molecule has 1 aliphatic carbocycles. The van der Waals surface area contributed by atoms with Gasteiger partial charge in [-0.1, -0.05) is 36.2 Å². The number of ether oxygens (including phenoxy) is 1. The Bertz CT molecular complexity index is 1370. The lowest BCUT2D eigenvalue weighted by molar-refractivity contribution is 0.0118. The largest absolute Gasteiger partial charge is 0.444 e. The Labute approximate surface area is 234 Å². The smallest absolute Gasteiger partial charge is 0.410 e. The Morgan fingerprint density at radius 3 is 2.55 bits per heavy atom. The standard InChI is InChI=1S/C29H33Cl2N5O2/c1-5-25-32-8-9-36(25)18-20-14-19-15-22(31)17-33-26(19)27(23-7-6-21(30)16-24(20)23)34-10-12-35(13-11-34)28(37)38-29(2,3)4/h6-9,14-17,27H,5,10-13,18H2,1-4H3. The number of piperazine rings is 1. The molecule has 3 heterocycles. The van der Waals surface area contributed by atoms with Crippen molar-refractivity contribution in [3.63, 3.8) is 0 Å². The number of fused-ring (bicyclic) bond motifs is 2. The predicted octanol–water partition coefficient (Wildman–Crippen LogP) is 6.34. The Kier molecular flexibility index (Phi) is 7.54. The van der Waals surface area contributed by atoms with E-state index in [0.29, 0.717) is 42.8 Å². The molecule has 7 nitrogen and oxygen atoms in total. The normalized spacial score (nSPS) is 17.9. The number of carbonyl (C=O) groups excluding carboxylic acids is 1. The average Bonchev–Trinajstić information content (AvgIpc) is 3.27. The molecule has 0 radical (unpaired) electrons. The Morgan fingerprint density at radius 1 is 1.08 bits per heavy atom. The van der Waals surface area contributed by atoms with Crippen LogP contribution in [0.3, 0.4) is 0 Å². The molecule has 2 aromatic heterocycles. The van der Waals surface area contributed by atoms with Gasteiger partial charge in [0.1, 0.15) is 11.4 Å². The van der Waals surface area contributed by atoms with Crippen LogP contribution in [0.1, 0.15) is 61.9 Å². The van der Waals surface area contributed by atoms with Crippen LogP contribution in [0.5, 0.6) is 0 Å². The molecule has 9 heteroatoms. The van der Waals surface area contributed by atoms with E-state index >= 15 is 0 Å². The second kappa shape index (κ2) is 10.7. The fourth-order valence-electron chi connectivity index (χ4n) is 5.24. The minimum absolute atomic E-state index is 0.113. The van der Waals surface area contributed by atoms with Gasteiger partial charge in [0, 0.05) is 62.8 Å². The zero-order chi connectivity index (χ0) is 27.0. The average molecular weight is 555 g/mol. The molecule has 0 spiro atoms. The summed E-state index contributed by atoms with van der Waals surface area (Å²) in [6.07, 6.45) is 8.32. The highest BCUT2D eigenvalue weighted by Gasteiger charge is 2.34. The lowest BCUT2D eigenvalue weighted by Gasteiger charge is -2.40. The second-order valence-corrected chi connectivity index (χ2v) is 11.6. The number of benzene rings is 1. The zero-order valence-corrected chi connectivity index (χ0v) is 23.8. The molecule has 1 unspecified atom stereocenters. The summed E-state index contributed by atoms with van der Waals surface area (Å²) in [5, 5.41) is 1.27. The molecule has 1 atom stereocenters. The van der Waals surface area contributed by atoms with Crippen LogP contribution < -0.4 is 0 Å². The molecule has 1 aromatic carbocycles. The Morgan fingerprint density at radius 2 is 1.84 bits per heavy atom. The molecular formula is C29H33Cl2N5O2. The van der Waals surface area contributed by atoms with E-state index in [1.165, 1.54) is 0 Å². The number of imidazole rings is 1. The number of hydrogen-bond acceptors (Lipinski definition) is 5. The number of aryl methyl sites for hydroxylation is 1. The molecule has 1 amide bonds. The number of halogens is 2. The third-order valence-corrected chi connectivity index (χ3v) is 7.39. The number of aromatic nitrogens is 3. The minimum atomic E-state index is -0.523. The number of carbonyl (C=O) groups is 1. The van der Waals surface area contributed by atoms with Crippen molar-refractivity contribution in [2.24, 2.45) is 0 Å². The van der Waals surface area contributed by atoms with Gasteiger partial charge in [-0.2, -0.15) is 0 Å². The molecule has 38 heavy (non-hydrogen) atoms.